The Morgan fingerprint density at radius 2 is 1.88 bits per heavy atom. The molecule has 0 spiro atoms. The highest BCUT2D eigenvalue weighted by Crippen LogP contribution is 2.16. The minimum atomic E-state index is -0.674. The molecule has 4 amide bonds. The molecule has 0 bridgehead atoms. The van der Waals surface area contributed by atoms with Crippen LogP contribution < -0.4 is 16.4 Å². The van der Waals surface area contributed by atoms with Crippen LogP contribution in [-0.2, 0) is 9.59 Å². The fourth-order valence-electron chi connectivity index (χ4n) is 2.93. The predicted molar refractivity (Wildman–Crippen MR) is 108 cm³/mol. The molecule has 148 valence electrons. The highest BCUT2D eigenvalue weighted by molar-refractivity contribution is 14.0. The van der Waals surface area contributed by atoms with Crippen LogP contribution >= 0.6 is 24.0 Å². The van der Waals surface area contributed by atoms with Gasteiger partial charge in [-0.2, -0.15) is 0 Å². The second-order valence-electron chi connectivity index (χ2n) is 6.58. The zero-order chi connectivity index (χ0) is 18.6. The first kappa shape index (κ1) is 22.4. The second-order valence-corrected chi connectivity index (χ2v) is 6.58. The van der Waals surface area contributed by atoms with Crippen molar-refractivity contribution < 1.29 is 14.4 Å². The van der Waals surface area contributed by atoms with Crippen LogP contribution in [0, 0.1) is 0 Å². The summed E-state index contributed by atoms with van der Waals surface area (Å²) in [7, 11) is 1.69. The molecule has 26 heavy (non-hydrogen) atoms. The molecular weight excluding hydrogens is 453 g/mol. The van der Waals surface area contributed by atoms with Crippen molar-refractivity contribution in [3.8, 4) is 0 Å². The SMILES string of the molecule is CN=C(NCCN1C(=O)CNC1=O)N1CCN(C(C)(C)C(N)=O)CC1.I. The Balaban J connectivity index is 0.00000338. The average molecular weight is 481 g/mol. The predicted octanol–water partition coefficient (Wildman–Crippen LogP) is -1.39. The maximum atomic E-state index is 11.6. The van der Waals surface area contributed by atoms with Gasteiger partial charge < -0.3 is 21.3 Å². The van der Waals surface area contributed by atoms with Crippen molar-refractivity contribution in [2.75, 3.05) is 52.9 Å². The van der Waals surface area contributed by atoms with Gasteiger partial charge in [-0.1, -0.05) is 0 Å². The number of hydrogen-bond acceptors (Lipinski definition) is 5. The Labute approximate surface area is 170 Å². The lowest BCUT2D eigenvalue weighted by molar-refractivity contribution is -0.129. The van der Waals surface area contributed by atoms with Crippen LogP contribution in [0.4, 0.5) is 4.79 Å². The molecule has 0 aromatic carbocycles. The summed E-state index contributed by atoms with van der Waals surface area (Å²) in [6.45, 7) is 7.25. The van der Waals surface area contributed by atoms with E-state index in [9.17, 15) is 14.4 Å². The van der Waals surface area contributed by atoms with Gasteiger partial charge in [0.25, 0.3) is 0 Å². The molecule has 2 heterocycles. The highest BCUT2D eigenvalue weighted by Gasteiger charge is 2.35. The van der Waals surface area contributed by atoms with Gasteiger partial charge in [0.2, 0.25) is 11.8 Å². The van der Waals surface area contributed by atoms with Crippen LogP contribution in [0.5, 0.6) is 0 Å². The molecule has 2 saturated heterocycles. The van der Waals surface area contributed by atoms with E-state index in [1.54, 1.807) is 7.05 Å². The molecule has 11 heteroatoms. The molecule has 2 fully saturated rings. The van der Waals surface area contributed by atoms with Gasteiger partial charge in [-0.05, 0) is 13.8 Å². The summed E-state index contributed by atoms with van der Waals surface area (Å²) < 4.78 is 0. The lowest BCUT2D eigenvalue weighted by atomic mass is 10.0. The number of halogens is 1. The Morgan fingerprint density at radius 1 is 1.27 bits per heavy atom. The zero-order valence-electron chi connectivity index (χ0n) is 15.4. The number of nitrogens with two attached hydrogens (primary N) is 1. The zero-order valence-corrected chi connectivity index (χ0v) is 17.8. The van der Waals surface area contributed by atoms with Crippen molar-refractivity contribution in [2.45, 2.75) is 19.4 Å². The molecule has 0 aliphatic carbocycles. The Kier molecular flexibility index (Phi) is 8.06. The number of imide groups is 1. The van der Waals surface area contributed by atoms with E-state index in [0.717, 1.165) is 0 Å². The maximum absolute atomic E-state index is 11.6. The molecule has 0 unspecified atom stereocenters. The minimum Gasteiger partial charge on any atom is -0.368 e. The molecule has 0 aromatic rings. The molecular formula is C15H28IN7O3. The number of urea groups is 1. The molecule has 0 saturated carbocycles. The van der Waals surface area contributed by atoms with Crippen LogP contribution in [0.2, 0.25) is 0 Å². The van der Waals surface area contributed by atoms with Gasteiger partial charge in [0.15, 0.2) is 5.96 Å². The smallest absolute Gasteiger partial charge is 0.324 e. The van der Waals surface area contributed by atoms with Crippen LogP contribution in [0.15, 0.2) is 4.99 Å². The normalized spacial score (nSPS) is 19.3. The lowest BCUT2D eigenvalue weighted by Crippen LogP contribution is -2.61. The molecule has 4 N–H and O–H groups in total. The van der Waals surface area contributed by atoms with E-state index in [2.05, 4.69) is 25.4 Å². The van der Waals surface area contributed by atoms with Gasteiger partial charge in [0.1, 0.15) is 0 Å². The fraction of sp³-hybridized carbons (Fsp3) is 0.733. The summed E-state index contributed by atoms with van der Waals surface area (Å²) in [5.41, 5.74) is 4.80. The summed E-state index contributed by atoms with van der Waals surface area (Å²) in [4.78, 5) is 44.2. The number of rotatable bonds is 5. The molecule has 0 radical (unpaired) electrons. The largest absolute Gasteiger partial charge is 0.368 e. The number of nitrogens with one attached hydrogen (secondary N) is 2. The quantitative estimate of drug-likeness (QED) is 0.193. The highest BCUT2D eigenvalue weighted by atomic mass is 127. The van der Waals surface area contributed by atoms with Crippen molar-refractivity contribution in [2.24, 2.45) is 10.7 Å². The molecule has 2 aliphatic rings. The van der Waals surface area contributed by atoms with Crippen LogP contribution in [0.25, 0.3) is 0 Å². The molecule has 10 nitrogen and oxygen atoms in total. The molecule has 2 rings (SSSR count). The topological polar surface area (TPSA) is 123 Å². The molecule has 0 aromatic heterocycles. The van der Waals surface area contributed by atoms with Gasteiger partial charge in [-0.3, -0.25) is 24.4 Å². The first-order valence-corrected chi connectivity index (χ1v) is 8.36. The third-order valence-electron chi connectivity index (χ3n) is 4.74. The van der Waals surface area contributed by atoms with Crippen molar-refractivity contribution in [3.63, 3.8) is 0 Å². The van der Waals surface area contributed by atoms with Gasteiger partial charge in [-0.25, -0.2) is 4.79 Å². The summed E-state index contributed by atoms with van der Waals surface area (Å²) in [5.74, 6) is 0.157. The summed E-state index contributed by atoms with van der Waals surface area (Å²) >= 11 is 0. The van der Waals surface area contributed by atoms with Crippen LogP contribution in [0.1, 0.15) is 13.8 Å². The van der Waals surface area contributed by atoms with Gasteiger partial charge in [0, 0.05) is 46.3 Å². The fourth-order valence-corrected chi connectivity index (χ4v) is 2.93. The van der Waals surface area contributed by atoms with Gasteiger partial charge in [-0.15, -0.1) is 24.0 Å². The van der Waals surface area contributed by atoms with E-state index in [1.165, 1.54) is 4.90 Å². The number of aliphatic imine (C=N–C) groups is 1. The molecule has 0 atom stereocenters. The summed E-state index contributed by atoms with van der Waals surface area (Å²) in [6.07, 6.45) is 0. The second kappa shape index (κ2) is 9.35. The number of carbonyl (C=O) groups is 3. The minimum absolute atomic E-state index is 0. The summed E-state index contributed by atoms with van der Waals surface area (Å²) in [5, 5.41) is 5.66. The summed E-state index contributed by atoms with van der Waals surface area (Å²) in [6, 6.07) is -0.357. The van der Waals surface area contributed by atoms with E-state index in [-0.39, 0.29) is 48.4 Å². The number of piperazine rings is 1. The number of hydrogen-bond donors (Lipinski definition) is 3. The Hall–Kier alpha value is -1.63. The van der Waals surface area contributed by atoms with Gasteiger partial charge >= 0.3 is 6.03 Å². The van der Waals surface area contributed by atoms with Gasteiger partial charge in [0.05, 0.1) is 12.1 Å². The third kappa shape index (κ3) is 4.96. The number of guanidine groups is 1. The third-order valence-corrected chi connectivity index (χ3v) is 4.74. The number of nitrogens with zero attached hydrogens (tertiary/aromatic N) is 4. The monoisotopic (exact) mass is 481 g/mol. The maximum Gasteiger partial charge on any atom is 0.324 e. The van der Waals surface area contributed by atoms with Crippen molar-refractivity contribution in [3.05, 3.63) is 0 Å². The first-order chi connectivity index (χ1) is 11.8. The average Bonchev–Trinajstić information content (AvgIpc) is 2.90. The first-order valence-electron chi connectivity index (χ1n) is 8.36. The number of carbonyl (C=O) groups excluding carboxylic acids is 3. The standard InChI is InChI=1S/C15H27N7O3.HI/c1-15(2,12(16)24)21-8-6-20(7-9-21)13(17-3)18-4-5-22-11(23)10-19-14(22)25;/h4-10H2,1-3H3,(H2,16,24)(H,17,18)(H,19,25);1H. The van der Waals surface area contributed by atoms with E-state index in [4.69, 9.17) is 5.73 Å². The number of primary amides is 1. The molecule has 2 aliphatic heterocycles. The van der Waals surface area contributed by atoms with Crippen molar-refractivity contribution in [1.29, 1.82) is 0 Å². The van der Waals surface area contributed by atoms with Crippen LogP contribution in [0.3, 0.4) is 0 Å². The van der Waals surface area contributed by atoms with E-state index in [0.29, 0.717) is 45.2 Å². The van der Waals surface area contributed by atoms with Crippen molar-refractivity contribution in [1.82, 2.24) is 25.3 Å². The Bertz CT molecular complexity index is 558. The van der Waals surface area contributed by atoms with E-state index in [1.807, 2.05) is 13.8 Å². The van der Waals surface area contributed by atoms with E-state index < -0.39 is 5.54 Å². The number of amides is 4. The van der Waals surface area contributed by atoms with E-state index >= 15 is 0 Å². The van der Waals surface area contributed by atoms with Crippen LogP contribution in [-0.4, -0.2) is 96.9 Å². The lowest BCUT2D eigenvalue weighted by Gasteiger charge is -2.43. The Morgan fingerprint density at radius 3 is 2.35 bits per heavy atom. The van der Waals surface area contributed by atoms with Crippen molar-refractivity contribution >= 4 is 47.8 Å².